The molecule has 0 radical (unpaired) electrons. The average molecular weight is 362 g/mol. The number of rotatable bonds is 7. The molecule has 1 atom stereocenters. The average Bonchev–Trinajstić information content (AvgIpc) is 2.40. The van der Waals surface area contributed by atoms with Gasteiger partial charge in [-0.15, -0.1) is 0 Å². The summed E-state index contributed by atoms with van der Waals surface area (Å²) in [4.78, 5) is 14.6. The monoisotopic (exact) mass is 361 g/mol. The molecule has 0 fully saturated rings. The molecule has 0 aliphatic rings. The first kappa shape index (κ1) is 22.7. The van der Waals surface area contributed by atoms with Gasteiger partial charge in [0.2, 0.25) is 0 Å². The van der Waals surface area contributed by atoms with Crippen molar-refractivity contribution in [1.29, 1.82) is 0 Å². The van der Waals surface area contributed by atoms with Gasteiger partial charge in [0.25, 0.3) is 0 Å². The van der Waals surface area contributed by atoms with Crippen molar-refractivity contribution < 1.29 is 9.53 Å². The van der Waals surface area contributed by atoms with Crippen LogP contribution in [-0.4, -0.2) is 40.6 Å². The van der Waals surface area contributed by atoms with Crippen molar-refractivity contribution >= 4 is 34.3 Å². The molecule has 0 aromatic rings. The van der Waals surface area contributed by atoms with E-state index in [2.05, 4.69) is 60.3 Å². The van der Waals surface area contributed by atoms with Crippen LogP contribution in [-0.2, 0) is 9.53 Å². The molecule has 0 heterocycles. The minimum atomic E-state index is -0.0893. The van der Waals surface area contributed by atoms with Gasteiger partial charge < -0.3 is 9.64 Å². The third kappa shape index (κ3) is 9.55. The van der Waals surface area contributed by atoms with Crippen LogP contribution in [0, 0.1) is 16.7 Å². The summed E-state index contributed by atoms with van der Waals surface area (Å²) in [7, 11) is 0. The molecular weight excluding hydrogens is 326 g/mol. The van der Waals surface area contributed by atoms with Gasteiger partial charge in [-0.05, 0) is 31.1 Å². The topological polar surface area (TPSA) is 29.5 Å². The maximum atomic E-state index is 12.5. The Morgan fingerprint density at radius 2 is 1.65 bits per heavy atom. The van der Waals surface area contributed by atoms with Crippen LogP contribution in [0.25, 0.3) is 0 Å². The van der Waals surface area contributed by atoms with Gasteiger partial charge in [0, 0.05) is 18.8 Å². The number of ether oxygens (including phenoxy) is 1. The van der Waals surface area contributed by atoms with Crippen molar-refractivity contribution in [2.24, 2.45) is 16.7 Å². The zero-order chi connectivity index (χ0) is 18.3. The predicted octanol–water partition coefficient (Wildman–Crippen LogP) is 4.99. The highest BCUT2D eigenvalue weighted by molar-refractivity contribution is 8.22. The van der Waals surface area contributed by atoms with Crippen LogP contribution in [0.15, 0.2) is 0 Å². The third-order valence-corrected chi connectivity index (χ3v) is 5.21. The highest BCUT2D eigenvalue weighted by Crippen LogP contribution is 2.36. The number of thiocarbonyl (C=S) groups is 1. The Morgan fingerprint density at radius 1 is 1.13 bits per heavy atom. The molecule has 0 saturated heterocycles. The molecule has 5 heteroatoms. The van der Waals surface area contributed by atoms with Crippen LogP contribution in [0.5, 0.6) is 0 Å². The van der Waals surface area contributed by atoms with E-state index in [-0.39, 0.29) is 22.7 Å². The van der Waals surface area contributed by atoms with Crippen molar-refractivity contribution in [2.45, 2.75) is 61.8 Å². The zero-order valence-corrected chi connectivity index (χ0v) is 17.8. The summed E-state index contributed by atoms with van der Waals surface area (Å²) >= 11 is 6.97. The fraction of sp³-hybridized carbons (Fsp3) is 0.889. The Balaban J connectivity index is 4.42. The minimum Gasteiger partial charge on any atom is -0.465 e. The van der Waals surface area contributed by atoms with E-state index in [9.17, 15) is 4.79 Å². The first-order valence-corrected chi connectivity index (χ1v) is 9.90. The first-order valence-electron chi connectivity index (χ1n) is 8.50. The molecule has 0 saturated carbocycles. The number of esters is 1. The van der Waals surface area contributed by atoms with E-state index in [4.69, 9.17) is 17.0 Å². The second-order valence-electron chi connectivity index (χ2n) is 8.14. The SMILES string of the molecule is CCN(CC)C(=S)SCCOC(=O)C(CC(C)(C)C)C(C)(C)C. The van der Waals surface area contributed by atoms with Gasteiger partial charge in [0.1, 0.15) is 10.9 Å². The third-order valence-electron chi connectivity index (χ3n) is 3.72. The summed E-state index contributed by atoms with van der Waals surface area (Å²) in [5.74, 6) is 0.553. The minimum absolute atomic E-state index is 0.0813. The molecule has 3 nitrogen and oxygen atoms in total. The molecule has 0 rings (SSSR count). The van der Waals surface area contributed by atoms with E-state index in [1.807, 2.05) is 0 Å². The number of thioether (sulfide) groups is 1. The van der Waals surface area contributed by atoms with Gasteiger partial charge in [-0.2, -0.15) is 0 Å². The summed E-state index contributed by atoms with van der Waals surface area (Å²) < 4.78 is 6.42. The van der Waals surface area contributed by atoms with Crippen molar-refractivity contribution in [3.05, 3.63) is 0 Å². The molecule has 23 heavy (non-hydrogen) atoms. The van der Waals surface area contributed by atoms with E-state index in [0.29, 0.717) is 12.4 Å². The second kappa shape index (κ2) is 9.87. The fourth-order valence-corrected chi connectivity index (χ4v) is 3.59. The molecule has 0 aromatic heterocycles. The lowest BCUT2D eigenvalue weighted by Crippen LogP contribution is -2.34. The summed E-state index contributed by atoms with van der Waals surface area (Å²) in [6, 6.07) is 0. The Bertz CT molecular complexity index is 379. The van der Waals surface area contributed by atoms with Crippen molar-refractivity contribution in [3.63, 3.8) is 0 Å². The van der Waals surface area contributed by atoms with Crippen LogP contribution in [0.3, 0.4) is 0 Å². The van der Waals surface area contributed by atoms with Crippen molar-refractivity contribution in [2.75, 3.05) is 25.4 Å². The van der Waals surface area contributed by atoms with E-state index in [0.717, 1.165) is 23.8 Å². The van der Waals surface area contributed by atoms with Crippen LogP contribution in [0.2, 0.25) is 0 Å². The van der Waals surface area contributed by atoms with E-state index in [1.165, 1.54) is 0 Å². The maximum absolute atomic E-state index is 12.5. The Morgan fingerprint density at radius 3 is 2.04 bits per heavy atom. The molecule has 0 bridgehead atoms. The smallest absolute Gasteiger partial charge is 0.309 e. The van der Waals surface area contributed by atoms with Crippen LogP contribution in [0.1, 0.15) is 61.8 Å². The van der Waals surface area contributed by atoms with Crippen LogP contribution >= 0.6 is 24.0 Å². The van der Waals surface area contributed by atoms with Crippen LogP contribution < -0.4 is 0 Å². The molecular formula is C18H35NO2S2. The molecule has 0 aliphatic heterocycles. The van der Waals surface area contributed by atoms with E-state index < -0.39 is 0 Å². The molecule has 0 aromatic carbocycles. The molecule has 1 unspecified atom stereocenters. The summed E-state index contributed by atoms with van der Waals surface area (Å²) in [6.07, 6.45) is 0.834. The molecule has 0 aliphatic carbocycles. The molecule has 0 N–H and O–H groups in total. The number of carbonyl (C=O) groups excluding carboxylic acids is 1. The van der Waals surface area contributed by atoms with E-state index >= 15 is 0 Å². The van der Waals surface area contributed by atoms with Crippen LogP contribution in [0.4, 0.5) is 0 Å². The normalized spacial score (nSPS) is 13.6. The predicted molar refractivity (Wildman–Crippen MR) is 106 cm³/mol. The quantitative estimate of drug-likeness (QED) is 0.362. The van der Waals surface area contributed by atoms with Gasteiger partial charge >= 0.3 is 5.97 Å². The van der Waals surface area contributed by atoms with Gasteiger partial charge in [-0.3, -0.25) is 4.79 Å². The van der Waals surface area contributed by atoms with E-state index in [1.54, 1.807) is 11.8 Å². The number of nitrogens with zero attached hydrogens (tertiary/aromatic N) is 1. The lowest BCUT2D eigenvalue weighted by Gasteiger charge is -2.33. The second-order valence-corrected chi connectivity index (χ2v) is 9.87. The largest absolute Gasteiger partial charge is 0.465 e. The van der Waals surface area contributed by atoms with Gasteiger partial charge in [-0.1, -0.05) is 65.5 Å². The Hall–Kier alpha value is -0.290. The number of carbonyl (C=O) groups is 1. The number of hydrogen-bond acceptors (Lipinski definition) is 4. The Labute approximate surface area is 152 Å². The Kier molecular flexibility index (Phi) is 9.75. The highest BCUT2D eigenvalue weighted by Gasteiger charge is 2.35. The summed E-state index contributed by atoms with van der Waals surface area (Å²) in [6.45, 7) is 19.2. The van der Waals surface area contributed by atoms with Crippen molar-refractivity contribution in [1.82, 2.24) is 4.90 Å². The van der Waals surface area contributed by atoms with Gasteiger partial charge in [0.05, 0.1) is 5.92 Å². The fourth-order valence-electron chi connectivity index (χ4n) is 2.30. The standard InChI is InChI=1S/C18H35NO2S2/c1-9-19(10-2)16(22)23-12-11-21-15(20)14(18(6,7)8)13-17(3,4)5/h14H,9-13H2,1-8H3. The zero-order valence-electron chi connectivity index (χ0n) is 16.2. The van der Waals surface area contributed by atoms with Gasteiger partial charge in [-0.25, -0.2) is 0 Å². The summed E-state index contributed by atoms with van der Waals surface area (Å²) in [5.41, 5.74) is 0.0179. The lowest BCUT2D eigenvalue weighted by atomic mass is 9.72. The highest BCUT2D eigenvalue weighted by atomic mass is 32.2. The van der Waals surface area contributed by atoms with Gasteiger partial charge in [0.15, 0.2) is 0 Å². The molecule has 0 spiro atoms. The van der Waals surface area contributed by atoms with Crippen molar-refractivity contribution in [3.8, 4) is 0 Å². The lowest BCUT2D eigenvalue weighted by molar-refractivity contribution is -0.153. The molecule has 0 amide bonds. The number of hydrogen-bond donors (Lipinski definition) is 0. The first-order chi connectivity index (χ1) is 10.4. The summed E-state index contributed by atoms with van der Waals surface area (Å²) in [5, 5.41) is 0. The molecule has 136 valence electrons. The maximum Gasteiger partial charge on any atom is 0.309 e.